The average molecular weight is 201 g/mol. The van der Waals surface area contributed by atoms with Crippen LogP contribution in [0.15, 0.2) is 30.8 Å². The van der Waals surface area contributed by atoms with Gasteiger partial charge >= 0.3 is 0 Å². The lowest BCUT2D eigenvalue weighted by Crippen LogP contribution is -2.26. The number of hydrogen-bond donors (Lipinski definition) is 0. The third kappa shape index (κ3) is 1.56. The third-order valence-corrected chi connectivity index (χ3v) is 2.59. The molecule has 1 aliphatic rings. The Morgan fingerprint density at radius 1 is 1.27 bits per heavy atom. The van der Waals surface area contributed by atoms with Crippen LogP contribution in [0.25, 0.3) is 5.70 Å². The standard InChI is InChI=1S/C13H15NO/c1-9(2)8-14-10(3)11-6-4-5-7-12(11)13(14)15/h4-7,9H,3,8H2,1-2H3. The molecule has 0 saturated carbocycles. The largest absolute Gasteiger partial charge is 0.308 e. The van der Waals surface area contributed by atoms with Crippen molar-refractivity contribution in [3.05, 3.63) is 42.0 Å². The molecule has 1 amide bonds. The average Bonchev–Trinajstić information content (AvgIpc) is 2.44. The molecule has 0 atom stereocenters. The maximum absolute atomic E-state index is 12.0. The van der Waals surface area contributed by atoms with Crippen LogP contribution in [0.1, 0.15) is 29.8 Å². The maximum atomic E-state index is 12.0. The van der Waals surface area contributed by atoms with Crippen LogP contribution in [0.2, 0.25) is 0 Å². The van der Waals surface area contributed by atoms with Gasteiger partial charge in [-0.05, 0) is 12.0 Å². The molecule has 0 spiro atoms. The predicted molar refractivity (Wildman–Crippen MR) is 61.4 cm³/mol. The van der Waals surface area contributed by atoms with E-state index in [0.29, 0.717) is 5.92 Å². The summed E-state index contributed by atoms with van der Waals surface area (Å²) in [7, 11) is 0. The number of rotatable bonds is 2. The van der Waals surface area contributed by atoms with Crippen molar-refractivity contribution in [1.29, 1.82) is 0 Å². The molecule has 0 N–H and O–H groups in total. The van der Waals surface area contributed by atoms with Crippen molar-refractivity contribution in [1.82, 2.24) is 4.90 Å². The molecular weight excluding hydrogens is 186 g/mol. The van der Waals surface area contributed by atoms with Crippen LogP contribution in [-0.4, -0.2) is 17.4 Å². The molecule has 2 heteroatoms. The predicted octanol–water partition coefficient (Wildman–Crippen LogP) is 2.77. The molecule has 1 aromatic carbocycles. The Morgan fingerprint density at radius 3 is 2.40 bits per heavy atom. The summed E-state index contributed by atoms with van der Waals surface area (Å²) in [5.41, 5.74) is 2.59. The van der Waals surface area contributed by atoms with Gasteiger partial charge in [0.15, 0.2) is 0 Å². The van der Waals surface area contributed by atoms with Crippen molar-refractivity contribution in [2.24, 2.45) is 5.92 Å². The van der Waals surface area contributed by atoms with Crippen molar-refractivity contribution in [3.8, 4) is 0 Å². The minimum Gasteiger partial charge on any atom is -0.308 e. The van der Waals surface area contributed by atoms with Gasteiger partial charge < -0.3 is 4.90 Å². The van der Waals surface area contributed by atoms with Gasteiger partial charge in [0.05, 0.1) is 0 Å². The van der Waals surface area contributed by atoms with Crippen molar-refractivity contribution < 1.29 is 4.79 Å². The van der Waals surface area contributed by atoms with Gasteiger partial charge in [-0.15, -0.1) is 0 Å². The molecule has 0 saturated heterocycles. The number of nitrogens with zero attached hydrogens (tertiary/aromatic N) is 1. The van der Waals surface area contributed by atoms with Gasteiger partial charge in [-0.2, -0.15) is 0 Å². The van der Waals surface area contributed by atoms with Crippen LogP contribution in [0.4, 0.5) is 0 Å². The Hall–Kier alpha value is -1.57. The third-order valence-electron chi connectivity index (χ3n) is 2.59. The first kappa shape index (κ1) is 9.97. The molecule has 2 rings (SSSR count). The number of carbonyl (C=O) groups excluding carboxylic acids is 1. The lowest BCUT2D eigenvalue weighted by molar-refractivity contribution is 0.0838. The van der Waals surface area contributed by atoms with Crippen LogP contribution in [0, 0.1) is 5.92 Å². The fourth-order valence-corrected chi connectivity index (χ4v) is 1.89. The Bertz CT molecular complexity index is 385. The molecular formula is C13H15NO. The summed E-state index contributed by atoms with van der Waals surface area (Å²) >= 11 is 0. The monoisotopic (exact) mass is 201 g/mol. The molecule has 0 radical (unpaired) electrons. The molecule has 2 nitrogen and oxygen atoms in total. The molecule has 0 aliphatic carbocycles. The van der Waals surface area contributed by atoms with Crippen LogP contribution in [0.3, 0.4) is 0 Å². The summed E-state index contributed by atoms with van der Waals surface area (Å²) in [6.07, 6.45) is 0. The summed E-state index contributed by atoms with van der Waals surface area (Å²) in [5, 5.41) is 0. The molecule has 1 aromatic rings. The van der Waals surface area contributed by atoms with Crippen LogP contribution >= 0.6 is 0 Å². The minimum absolute atomic E-state index is 0.0873. The quantitative estimate of drug-likeness (QED) is 0.720. The van der Waals surface area contributed by atoms with Crippen LogP contribution in [0.5, 0.6) is 0 Å². The molecule has 1 heterocycles. The summed E-state index contributed by atoms with van der Waals surface area (Å²) in [6, 6.07) is 7.65. The maximum Gasteiger partial charge on any atom is 0.258 e. The second kappa shape index (κ2) is 3.54. The molecule has 0 fully saturated rings. The van der Waals surface area contributed by atoms with Gasteiger partial charge in [0.25, 0.3) is 5.91 Å². The zero-order valence-corrected chi connectivity index (χ0v) is 9.16. The van der Waals surface area contributed by atoms with Gasteiger partial charge in [-0.1, -0.05) is 38.6 Å². The first-order valence-electron chi connectivity index (χ1n) is 5.21. The molecule has 0 bridgehead atoms. The van der Waals surface area contributed by atoms with E-state index >= 15 is 0 Å². The number of benzene rings is 1. The van der Waals surface area contributed by atoms with E-state index in [-0.39, 0.29) is 5.91 Å². The SMILES string of the molecule is C=C1c2ccccc2C(=O)N1CC(C)C. The number of carbonyl (C=O) groups is 1. The Morgan fingerprint density at radius 2 is 1.87 bits per heavy atom. The first-order valence-corrected chi connectivity index (χ1v) is 5.21. The van der Waals surface area contributed by atoms with E-state index in [0.717, 1.165) is 23.4 Å². The highest BCUT2D eigenvalue weighted by atomic mass is 16.2. The number of hydrogen-bond acceptors (Lipinski definition) is 1. The Balaban J connectivity index is 2.37. The molecule has 0 unspecified atom stereocenters. The Labute approximate surface area is 90.2 Å². The summed E-state index contributed by atoms with van der Waals surface area (Å²) in [4.78, 5) is 13.8. The first-order chi connectivity index (χ1) is 7.11. The summed E-state index contributed by atoms with van der Waals surface area (Å²) in [6.45, 7) is 8.93. The summed E-state index contributed by atoms with van der Waals surface area (Å²) in [5.74, 6) is 0.546. The van der Waals surface area contributed by atoms with E-state index in [2.05, 4.69) is 20.4 Å². The van der Waals surface area contributed by atoms with Gasteiger partial charge in [0.2, 0.25) is 0 Å². The van der Waals surface area contributed by atoms with Gasteiger partial charge in [0, 0.05) is 23.4 Å². The van der Waals surface area contributed by atoms with Crippen molar-refractivity contribution in [2.75, 3.05) is 6.54 Å². The van der Waals surface area contributed by atoms with E-state index in [1.807, 2.05) is 24.3 Å². The second-order valence-corrected chi connectivity index (χ2v) is 4.30. The molecule has 15 heavy (non-hydrogen) atoms. The number of amides is 1. The van der Waals surface area contributed by atoms with E-state index in [1.54, 1.807) is 4.90 Å². The zero-order chi connectivity index (χ0) is 11.0. The van der Waals surface area contributed by atoms with Gasteiger partial charge in [-0.25, -0.2) is 0 Å². The minimum atomic E-state index is 0.0873. The van der Waals surface area contributed by atoms with E-state index in [9.17, 15) is 4.79 Å². The Kier molecular flexibility index (Phi) is 2.35. The highest BCUT2D eigenvalue weighted by Gasteiger charge is 2.30. The van der Waals surface area contributed by atoms with Crippen molar-refractivity contribution in [2.45, 2.75) is 13.8 Å². The van der Waals surface area contributed by atoms with E-state index in [1.165, 1.54) is 0 Å². The summed E-state index contributed by atoms with van der Waals surface area (Å²) < 4.78 is 0. The number of fused-ring (bicyclic) bond motifs is 1. The van der Waals surface area contributed by atoms with Crippen molar-refractivity contribution >= 4 is 11.6 Å². The van der Waals surface area contributed by atoms with Gasteiger partial charge in [0.1, 0.15) is 0 Å². The van der Waals surface area contributed by atoms with Gasteiger partial charge in [-0.3, -0.25) is 4.79 Å². The van der Waals surface area contributed by atoms with Crippen molar-refractivity contribution in [3.63, 3.8) is 0 Å². The highest BCUT2D eigenvalue weighted by molar-refractivity contribution is 6.08. The van der Waals surface area contributed by atoms with Crippen LogP contribution in [-0.2, 0) is 0 Å². The van der Waals surface area contributed by atoms with E-state index in [4.69, 9.17) is 0 Å². The fourth-order valence-electron chi connectivity index (χ4n) is 1.89. The van der Waals surface area contributed by atoms with E-state index < -0.39 is 0 Å². The highest BCUT2D eigenvalue weighted by Crippen LogP contribution is 2.31. The smallest absolute Gasteiger partial charge is 0.258 e. The lowest BCUT2D eigenvalue weighted by atomic mass is 10.1. The normalized spacial score (nSPS) is 15.0. The lowest BCUT2D eigenvalue weighted by Gasteiger charge is -2.19. The second-order valence-electron chi connectivity index (χ2n) is 4.30. The fraction of sp³-hybridized carbons (Fsp3) is 0.308. The molecule has 1 aliphatic heterocycles. The van der Waals surface area contributed by atoms with Crippen LogP contribution < -0.4 is 0 Å². The topological polar surface area (TPSA) is 20.3 Å². The zero-order valence-electron chi connectivity index (χ0n) is 9.16. The molecule has 0 aromatic heterocycles. The molecule has 78 valence electrons.